The van der Waals surface area contributed by atoms with Crippen LogP contribution in [0.4, 0.5) is 11.6 Å². The van der Waals surface area contributed by atoms with Gasteiger partial charge < -0.3 is 20.1 Å². The minimum atomic E-state index is 0.583. The van der Waals surface area contributed by atoms with Crippen LogP contribution in [0.15, 0.2) is 24.4 Å². The van der Waals surface area contributed by atoms with Crippen molar-refractivity contribution in [3.05, 3.63) is 35.7 Å². The molecule has 21 heavy (non-hydrogen) atoms. The highest BCUT2D eigenvalue weighted by atomic mass is 16.5. The quantitative estimate of drug-likeness (QED) is 0.894. The van der Waals surface area contributed by atoms with Gasteiger partial charge in [0.2, 0.25) is 5.95 Å². The first-order valence-corrected chi connectivity index (χ1v) is 6.84. The normalized spacial score (nSPS) is 13.4. The molecule has 0 unspecified atom stereocenters. The van der Waals surface area contributed by atoms with E-state index in [2.05, 4.69) is 20.6 Å². The van der Waals surface area contributed by atoms with E-state index in [9.17, 15) is 0 Å². The molecule has 0 radical (unpaired) electrons. The Morgan fingerprint density at radius 1 is 1.24 bits per heavy atom. The number of methoxy groups -OCH3 is 2. The highest BCUT2D eigenvalue weighted by molar-refractivity contribution is 5.64. The lowest BCUT2D eigenvalue weighted by Crippen LogP contribution is -2.25. The number of rotatable bonds is 4. The molecule has 1 aliphatic rings. The molecule has 2 aromatic rings. The van der Waals surface area contributed by atoms with E-state index in [1.165, 1.54) is 0 Å². The van der Waals surface area contributed by atoms with Gasteiger partial charge in [0.05, 0.1) is 25.6 Å². The second-order valence-electron chi connectivity index (χ2n) is 4.78. The number of hydrogen-bond donors (Lipinski definition) is 2. The Balaban J connectivity index is 1.86. The van der Waals surface area contributed by atoms with E-state index in [0.717, 1.165) is 42.2 Å². The molecule has 0 spiro atoms. The summed E-state index contributed by atoms with van der Waals surface area (Å²) in [5.74, 6) is 2.02. The van der Waals surface area contributed by atoms with Crippen LogP contribution in [0.3, 0.4) is 0 Å². The van der Waals surface area contributed by atoms with Crippen LogP contribution in [-0.2, 0) is 13.0 Å². The molecule has 0 saturated carbocycles. The van der Waals surface area contributed by atoms with Crippen LogP contribution in [0.25, 0.3) is 0 Å². The van der Waals surface area contributed by atoms with Gasteiger partial charge >= 0.3 is 0 Å². The zero-order chi connectivity index (χ0) is 14.7. The lowest BCUT2D eigenvalue weighted by Gasteiger charge is -2.17. The fraction of sp³-hybridized carbons (Fsp3) is 0.333. The number of nitrogens with zero attached hydrogens (tertiary/aromatic N) is 2. The van der Waals surface area contributed by atoms with Crippen molar-refractivity contribution in [2.45, 2.75) is 13.0 Å². The Hall–Kier alpha value is -2.34. The summed E-state index contributed by atoms with van der Waals surface area (Å²) in [6.07, 6.45) is 2.79. The summed E-state index contributed by atoms with van der Waals surface area (Å²) < 4.78 is 10.6. The van der Waals surface area contributed by atoms with E-state index in [4.69, 9.17) is 9.47 Å². The van der Waals surface area contributed by atoms with Crippen LogP contribution in [0.5, 0.6) is 11.5 Å². The molecule has 1 aromatic heterocycles. The van der Waals surface area contributed by atoms with Crippen LogP contribution in [0.2, 0.25) is 0 Å². The molecule has 1 aromatic carbocycles. The highest BCUT2D eigenvalue weighted by Gasteiger charge is 2.12. The molecule has 1 aliphatic heterocycles. The number of aromatic nitrogens is 2. The third kappa shape index (κ3) is 2.90. The number of fused-ring (bicyclic) bond motifs is 1. The Labute approximate surface area is 123 Å². The maximum atomic E-state index is 5.36. The summed E-state index contributed by atoms with van der Waals surface area (Å²) in [5, 5.41) is 6.51. The number of nitrogens with one attached hydrogen (secondary N) is 2. The molecular formula is C15H18N4O2. The molecule has 6 nitrogen and oxygen atoms in total. The van der Waals surface area contributed by atoms with Gasteiger partial charge in [-0.05, 0) is 12.1 Å². The summed E-state index contributed by atoms with van der Waals surface area (Å²) in [5.41, 5.74) is 3.07. The average Bonchev–Trinajstić information content (AvgIpc) is 2.55. The second kappa shape index (κ2) is 5.97. The van der Waals surface area contributed by atoms with Crippen molar-refractivity contribution in [1.82, 2.24) is 15.3 Å². The molecule has 3 rings (SSSR count). The molecule has 110 valence electrons. The van der Waals surface area contributed by atoms with E-state index in [1.807, 2.05) is 24.4 Å². The van der Waals surface area contributed by atoms with E-state index in [1.54, 1.807) is 14.2 Å². The fourth-order valence-corrected chi connectivity index (χ4v) is 2.32. The third-order valence-corrected chi connectivity index (χ3v) is 3.46. The molecule has 2 N–H and O–H groups in total. The lowest BCUT2D eigenvalue weighted by atomic mass is 10.1. The molecule has 0 aliphatic carbocycles. The smallest absolute Gasteiger partial charge is 0.227 e. The second-order valence-corrected chi connectivity index (χ2v) is 4.78. The van der Waals surface area contributed by atoms with Crippen molar-refractivity contribution in [2.24, 2.45) is 0 Å². The number of anilines is 2. The standard InChI is InChI=1S/C15H18N4O2/c1-20-11-3-4-13(14(7-11)21-2)19-15-17-9-10-8-16-6-5-12(10)18-15/h3-4,7,9,16H,5-6,8H2,1-2H3,(H,17,18,19). The first-order chi connectivity index (χ1) is 10.3. The van der Waals surface area contributed by atoms with Crippen LogP contribution in [0, 0.1) is 0 Å². The maximum absolute atomic E-state index is 5.36. The summed E-state index contributed by atoms with van der Waals surface area (Å²) in [4.78, 5) is 8.93. The van der Waals surface area contributed by atoms with Crippen LogP contribution in [0.1, 0.15) is 11.3 Å². The van der Waals surface area contributed by atoms with Gasteiger partial charge in [-0.25, -0.2) is 9.97 Å². The van der Waals surface area contributed by atoms with Crippen molar-refractivity contribution >= 4 is 11.6 Å². The number of benzene rings is 1. The van der Waals surface area contributed by atoms with E-state index < -0.39 is 0 Å². The molecule has 0 bridgehead atoms. The Morgan fingerprint density at radius 2 is 2.14 bits per heavy atom. The summed E-state index contributed by atoms with van der Waals surface area (Å²) in [6, 6.07) is 5.58. The van der Waals surface area contributed by atoms with E-state index >= 15 is 0 Å². The molecule has 0 saturated heterocycles. The topological polar surface area (TPSA) is 68.3 Å². The maximum Gasteiger partial charge on any atom is 0.227 e. The minimum Gasteiger partial charge on any atom is -0.497 e. The monoisotopic (exact) mass is 286 g/mol. The first-order valence-electron chi connectivity index (χ1n) is 6.84. The van der Waals surface area contributed by atoms with Gasteiger partial charge in [0.25, 0.3) is 0 Å². The Bertz CT molecular complexity index is 646. The fourth-order valence-electron chi connectivity index (χ4n) is 2.32. The molecule has 0 amide bonds. The van der Waals surface area contributed by atoms with Gasteiger partial charge in [0, 0.05) is 37.3 Å². The molecule has 2 heterocycles. The van der Waals surface area contributed by atoms with Gasteiger partial charge in [0.15, 0.2) is 0 Å². The predicted molar refractivity (Wildman–Crippen MR) is 80.3 cm³/mol. The number of hydrogen-bond acceptors (Lipinski definition) is 6. The van der Waals surface area contributed by atoms with Gasteiger partial charge in [0.1, 0.15) is 11.5 Å². The number of ether oxygens (including phenoxy) is 2. The van der Waals surface area contributed by atoms with Crippen molar-refractivity contribution < 1.29 is 9.47 Å². The van der Waals surface area contributed by atoms with Gasteiger partial charge in [-0.15, -0.1) is 0 Å². The van der Waals surface area contributed by atoms with Crippen molar-refractivity contribution in [2.75, 3.05) is 26.1 Å². The molecular weight excluding hydrogens is 268 g/mol. The Kier molecular flexibility index (Phi) is 3.87. The zero-order valence-corrected chi connectivity index (χ0v) is 12.1. The van der Waals surface area contributed by atoms with Crippen LogP contribution in [-0.4, -0.2) is 30.7 Å². The van der Waals surface area contributed by atoms with Crippen molar-refractivity contribution in [3.8, 4) is 11.5 Å². The van der Waals surface area contributed by atoms with Gasteiger partial charge in [-0.1, -0.05) is 0 Å². The SMILES string of the molecule is COc1ccc(Nc2ncc3c(n2)CCNC3)c(OC)c1. The molecule has 6 heteroatoms. The van der Waals surface area contributed by atoms with E-state index in [0.29, 0.717) is 11.7 Å². The predicted octanol–water partition coefficient (Wildman–Crippen LogP) is 1.88. The molecule has 0 fully saturated rings. The van der Waals surface area contributed by atoms with Crippen molar-refractivity contribution in [1.29, 1.82) is 0 Å². The van der Waals surface area contributed by atoms with Gasteiger partial charge in [-0.3, -0.25) is 0 Å². The zero-order valence-electron chi connectivity index (χ0n) is 12.1. The first kappa shape index (κ1) is 13.6. The van der Waals surface area contributed by atoms with Crippen molar-refractivity contribution in [3.63, 3.8) is 0 Å². The highest BCUT2D eigenvalue weighted by Crippen LogP contribution is 2.30. The average molecular weight is 286 g/mol. The lowest BCUT2D eigenvalue weighted by molar-refractivity contribution is 0.395. The largest absolute Gasteiger partial charge is 0.497 e. The molecule has 0 atom stereocenters. The summed E-state index contributed by atoms with van der Waals surface area (Å²) in [6.45, 7) is 1.79. The van der Waals surface area contributed by atoms with E-state index in [-0.39, 0.29) is 0 Å². The van der Waals surface area contributed by atoms with Crippen LogP contribution < -0.4 is 20.1 Å². The summed E-state index contributed by atoms with van der Waals surface area (Å²) in [7, 11) is 3.25. The minimum absolute atomic E-state index is 0.583. The third-order valence-electron chi connectivity index (χ3n) is 3.46. The van der Waals surface area contributed by atoms with Crippen LogP contribution >= 0.6 is 0 Å². The van der Waals surface area contributed by atoms with Gasteiger partial charge in [-0.2, -0.15) is 0 Å². The Morgan fingerprint density at radius 3 is 2.95 bits per heavy atom. The summed E-state index contributed by atoms with van der Waals surface area (Å²) >= 11 is 0.